The molecule has 1 aromatic carbocycles. The smallest absolute Gasteiger partial charge is 0.239 e. The monoisotopic (exact) mass is 444 g/mol. The Labute approximate surface area is 195 Å². The number of aromatic nitrogens is 1. The van der Waals surface area contributed by atoms with E-state index in [4.69, 9.17) is 4.42 Å². The van der Waals surface area contributed by atoms with Gasteiger partial charge in [-0.25, -0.2) is 4.98 Å². The van der Waals surface area contributed by atoms with Gasteiger partial charge in [-0.05, 0) is 48.1 Å². The summed E-state index contributed by atoms with van der Waals surface area (Å²) in [7, 11) is 0. The second kappa shape index (κ2) is 9.79. The number of nitrogens with one attached hydrogen (secondary N) is 1. The van der Waals surface area contributed by atoms with Crippen molar-refractivity contribution < 1.29 is 9.21 Å². The molecule has 33 heavy (non-hydrogen) atoms. The Bertz CT molecular complexity index is 1070. The van der Waals surface area contributed by atoms with Gasteiger partial charge in [-0.15, -0.1) is 0 Å². The third-order valence-corrected chi connectivity index (χ3v) is 6.90. The fourth-order valence-electron chi connectivity index (χ4n) is 5.12. The van der Waals surface area contributed by atoms with E-state index in [1.165, 1.54) is 11.1 Å². The number of hydrogen-bond acceptors (Lipinski definition) is 5. The number of benzene rings is 1. The molecular formula is C27H32N4O2. The van der Waals surface area contributed by atoms with Crippen LogP contribution in [0.3, 0.4) is 0 Å². The highest BCUT2D eigenvalue weighted by Gasteiger charge is 2.34. The zero-order chi connectivity index (χ0) is 22.6. The molecule has 2 aliphatic rings. The highest BCUT2D eigenvalue weighted by Crippen LogP contribution is 2.31. The summed E-state index contributed by atoms with van der Waals surface area (Å²) in [6, 6.07) is 14.8. The van der Waals surface area contributed by atoms with Crippen molar-refractivity contribution in [3.63, 3.8) is 0 Å². The van der Waals surface area contributed by atoms with Gasteiger partial charge in [0, 0.05) is 50.0 Å². The van der Waals surface area contributed by atoms with Gasteiger partial charge in [0.15, 0.2) is 0 Å². The molecule has 5 rings (SSSR count). The van der Waals surface area contributed by atoms with Crippen molar-refractivity contribution >= 4 is 11.7 Å². The van der Waals surface area contributed by atoms with Crippen LogP contribution in [-0.4, -0.2) is 54.6 Å². The molecule has 172 valence electrons. The van der Waals surface area contributed by atoms with E-state index in [0.29, 0.717) is 5.92 Å². The van der Waals surface area contributed by atoms with E-state index in [-0.39, 0.29) is 11.9 Å². The highest BCUT2D eigenvalue weighted by atomic mass is 16.3. The van der Waals surface area contributed by atoms with Gasteiger partial charge in [0.2, 0.25) is 5.91 Å². The molecule has 0 radical (unpaired) electrons. The highest BCUT2D eigenvalue weighted by molar-refractivity contribution is 5.83. The van der Waals surface area contributed by atoms with Crippen LogP contribution < -0.4 is 10.2 Å². The summed E-state index contributed by atoms with van der Waals surface area (Å²) in [4.78, 5) is 22.2. The van der Waals surface area contributed by atoms with Gasteiger partial charge in [0.25, 0.3) is 0 Å². The van der Waals surface area contributed by atoms with E-state index in [1.807, 2.05) is 23.2 Å². The van der Waals surface area contributed by atoms with Crippen LogP contribution in [0, 0.1) is 0 Å². The lowest BCUT2D eigenvalue weighted by Gasteiger charge is -2.37. The standard InChI is InChI=1S/C27H32N4O2/c1-2-5-20-6-3-7-21(16-20)23-17-25(29-18-23)27(32)31-13-11-30(12-14-31)26-24(8-4-10-28-26)22-9-15-33-19-22/h3-4,6-10,15-16,19,23,25,29H,2,5,11-14,17-18H2,1H3/t23-,25-/m1/s1. The largest absolute Gasteiger partial charge is 0.472 e. The first-order valence-electron chi connectivity index (χ1n) is 12.1. The van der Waals surface area contributed by atoms with Crippen LogP contribution in [0.2, 0.25) is 0 Å². The molecule has 1 amide bonds. The van der Waals surface area contributed by atoms with Crippen molar-refractivity contribution in [2.24, 2.45) is 0 Å². The quantitative estimate of drug-likeness (QED) is 0.621. The van der Waals surface area contributed by atoms with Crippen LogP contribution in [0.5, 0.6) is 0 Å². The first-order chi connectivity index (χ1) is 16.2. The Balaban J connectivity index is 1.20. The minimum atomic E-state index is -0.0901. The summed E-state index contributed by atoms with van der Waals surface area (Å²) in [6.07, 6.45) is 8.40. The van der Waals surface area contributed by atoms with Crippen molar-refractivity contribution in [2.75, 3.05) is 37.6 Å². The predicted octanol–water partition coefficient (Wildman–Crippen LogP) is 4.09. The maximum Gasteiger partial charge on any atom is 0.239 e. The number of anilines is 1. The van der Waals surface area contributed by atoms with Crippen molar-refractivity contribution in [1.29, 1.82) is 0 Å². The second-order valence-corrected chi connectivity index (χ2v) is 9.09. The summed E-state index contributed by atoms with van der Waals surface area (Å²) < 4.78 is 5.27. The lowest BCUT2D eigenvalue weighted by atomic mass is 9.93. The van der Waals surface area contributed by atoms with Crippen molar-refractivity contribution in [2.45, 2.75) is 38.1 Å². The van der Waals surface area contributed by atoms with E-state index >= 15 is 0 Å². The SMILES string of the molecule is CCCc1cccc([C@H]2CN[C@@H](C(=O)N3CCN(c4ncccc4-c4ccoc4)CC3)C2)c1. The van der Waals surface area contributed by atoms with Gasteiger partial charge in [0.1, 0.15) is 5.82 Å². The maximum atomic E-state index is 13.3. The van der Waals surface area contributed by atoms with Gasteiger partial charge in [0.05, 0.1) is 18.6 Å². The number of carbonyl (C=O) groups excluding carboxylic acids is 1. The van der Waals surface area contributed by atoms with E-state index in [0.717, 1.165) is 68.9 Å². The van der Waals surface area contributed by atoms with Gasteiger partial charge in [-0.3, -0.25) is 4.79 Å². The average molecular weight is 445 g/mol. The van der Waals surface area contributed by atoms with Crippen molar-refractivity contribution in [3.8, 4) is 11.1 Å². The molecule has 0 aliphatic carbocycles. The molecule has 0 unspecified atom stereocenters. The second-order valence-electron chi connectivity index (χ2n) is 9.09. The third-order valence-electron chi connectivity index (χ3n) is 6.90. The Kier molecular flexibility index (Phi) is 6.44. The number of pyridine rings is 1. The summed E-state index contributed by atoms with van der Waals surface area (Å²) in [5.74, 6) is 1.60. The number of aryl methyl sites for hydroxylation is 1. The minimum absolute atomic E-state index is 0.0901. The molecular weight excluding hydrogens is 412 g/mol. The number of amides is 1. The number of piperazine rings is 1. The molecule has 2 aromatic heterocycles. The molecule has 0 spiro atoms. The first kappa shape index (κ1) is 21.7. The number of nitrogens with zero attached hydrogens (tertiary/aromatic N) is 3. The van der Waals surface area contributed by atoms with Gasteiger partial charge in [-0.1, -0.05) is 37.6 Å². The average Bonchev–Trinajstić information content (AvgIpc) is 3.57. The van der Waals surface area contributed by atoms with Crippen molar-refractivity contribution in [3.05, 3.63) is 72.3 Å². The van der Waals surface area contributed by atoms with E-state index in [2.05, 4.69) is 52.5 Å². The molecule has 2 fully saturated rings. The fourth-order valence-corrected chi connectivity index (χ4v) is 5.12. The first-order valence-corrected chi connectivity index (χ1v) is 12.1. The molecule has 2 saturated heterocycles. The normalized spacial score (nSPS) is 20.9. The molecule has 4 heterocycles. The molecule has 1 N–H and O–H groups in total. The van der Waals surface area contributed by atoms with E-state index in [9.17, 15) is 4.79 Å². The molecule has 2 atom stereocenters. The molecule has 0 saturated carbocycles. The van der Waals surface area contributed by atoms with Crippen LogP contribution in [0.1, 0.15) is 36.8 Å². The number of carbonyl (C=O) groups is 1. The Morgan fingerprint density at radius 1 is 1.15 bits per heavy atom. The topological polar surface area (TPSA) is 61.6 Å². The maximum absolute atomic E-state index is 13.3. The molecule has 0 bridgehead atoms. The summed E-state index contributed by atoms with van der Waals surface area (Å²) in [5.41, 5.74) is 4.85. The van der Waals surface area contributed by atoms with E-state index in [1.54, 1.807) is 12.5 Å². The minimum Gasteiger partial charge on any atom is -0.472 e. The fraction of sp³-hybridized carbons (Fsp3) is 0.407. The summed E-state index contributed by atoms with van der Waals surface area (Å²) in [6.45, 7) is 6.08. The van der Waals surface area contributed by atoms with Gasteiger partial charge >= 0.3 is 0 Å². The Hall–Kier alpha value is -3.12. The number of furan rings is 1. The molecule has 2 aliphatic heterocycles. The Morgan fingerprint density at radius 2 is 2.03 bits per heavy atom. The van der Waals surface area contributed by atoms with Gasteiger partial charge in [-0.2, -0.15) is 0 Å². The van der Waals surface area contributed by atoms with E-state index < -0.39 is 0 Å². The van der Waals surface area contributed by atoms with Crippen LogP contribution in [0.25, 0.3) is 11.1 Å². The summed E-state index contributed by atoms with van der Waals surface area (Å²) in [5, 5.41) is 3.50. The van der Waals surface area contributed by atoms with Crippen molar-refractivity contribution in [1.82, 2.24) is 15.2 Å². The Morgan fingerprint density at radius 3 is 2.82 bits per heavy atom. The zero-order valence-corrected chi connectivity index (χ0v) is 19.2. The lowest BCUT2D eigenvalue weighted by Crippen LogP contribution is -2.53. The third kappa shape index (κ3) is 4.67. The molecule has 6 heteroatoms. The summed E-state index contributed by atoms with van der Waals surface area (Å²) >= 11 is 0. The lowest BCUT2D eigenvalue weighted by molar-refractivity contribution is -0.133. The van der Waals surface area contributed by atoms with Crippen LogP contribution in [0.15, 0.2) is 65.6 Å². The van der Waals surface area contributed by atoms with Crippen LogP contribution >= 0.6 is 0 Å². The van der Waals surface area contributed by atoms with Gasteiger partial charge < -0.3 is 19.5 Å². The van der Waals surface area contributed by atoms with Crippen LogP contribution in [-0.2, 0) is 11.2 Å². The number of hydrogen-bond donors (Lipinski definition) is 1. The molecule has 6 nitrogen and oxygen atoms in total. The predicted molar refractivity (Wildman–Crippen MR) is 130 cm³/mol. The van der Waals surface area contributed by atoms with Crippen LogP contribution in [0.4, 0.5) is 5.82 Å². The molecule has 3 aromatic rings. The zero-order valence-electron chi connectivity index (χ0n) is 19.2. The number of rotatable bonds is 6.